The Balaban J connectivity index is 1.40. The van der Waals surface area contributed by atoms with Crippen LogP contribution < -0.4 is 16.2 Å². The molecule has 28 heavy (non-hydrogen) atoms. The number of pyridine rings is 2. The van der Waals surface area contributed by atoms with Gasteiger partial charge in [0.2, 0.25) is 0 Å². The molecule has 0 aliphatic carbocycles. The Morgan fingerprint density at radius 3 is 2.57 bits per heavy atom. The van der Waals surface area contributed by atoms with Gasteiger partial charge in [0.1, 0.15) is 29.7 Å². The molecular weight excluding hydrogens is 354 g/mol. The van der Waals surface area contributed by atoms with Crippen molar-refractivity contribution in [2.75, 3.05) is 11.5 Å². The number of rotatable bonds is 6. The number of benzene rings is 1. The Bertz CT molecular complexity index is 1060. The Morgan fingerprint density at radius 2 is 1.82 bits per heavy atom. The van der Waals surface area contributed by atoms with E-state index in [-0.39, 0.29) is 0 Å². The zero-order valence-electron chi connectivity index (χ0n) is 15.1. The maximum Gasteiger partial charge on any atom is 0.135 e. The van der Waals surface area contributed by atoms with Crippen LogP contribution in [-0.2, 0) is 13.2 Å². The maximum atomic E-state index is 5.91. The van der Waals surface area contributed by atoms with Crippen molar-refractivity contribution >= 4 is 11.6 Å². The van der Waals surface area contributed by atoms with Gasteiger partial charge in [0.05, 0.1) is 18.4 Å². The summed E-state index contributed by atoms with van der Waals surface area (Å²) in [5, 5.41) is 8.30. The Labute approximate surface area is 161 Å². The van der Waals surface area contributed by atoms with E-state index in [2.05, 4.69) is 20.3 Å². The molecule has 3 heterocycles. The second-order valence-electron chi connectivity index (χ2n) is 6.23. The van der Waals surface area contributed by atoms with Crippen molar-refractivity contribution in [1.29, 1.82) is 0 Å². The SMILES string of the molecule is Nc1ccc(-c2cn(Cc3ccc(COc4ccccc4)cn3)nn2)c(N)n1. The molecule has 0 saturated carbocycles. The van der Waals surface area contributed by atoms with Gasteiger partial charge in [0, 0.05) is 17.3 Å². The van der Waals surface area contributed by atoms with E-state index in [9.17, 15) is 0 Å². The van der Waals surface area contributed by atoms with Gasteiger partial charge in [-0.05, 0) is 30.3 Å². The molecule has 1 aromatic carbocycles. The number of para-hydroxylation sites is 1. The monoisotopic (exact) mass is 373 g/mol. The third-order valence-electron chi connectivity index (χ3n) is 4.12. The molecule has 3 aromatic heterocycles. The number of ether oxygens (including phenoxy) is 1. The van der Waals surface area contributed by atoms with Gasteiger partial charge in [-0.25, -0.2) is 9.67 Å². The van der Waals surface area contributed by atoms with Crippen molar-refractivity contribution < 1.29 is 4.74 Å². The van der Waals surface area contributed by atoms with Crippen LogP contribution in [0.15, 0.2) is 67.0 Å². The minimum absolute atomic E-state index is 0.327. The summed E-state index contributed by atoms with van der Waals surface area (Å²) in [6.07, 6.45) is 3.61. The normalized spacial score (nSPS) is 10.7. The lowest BCUT2D eigenvalue weighted by molar-refractivity contribution is 0.305. The molecule has 8 heteroatoms. The second kappa shape index (κ2) is 7.75. The average Bonchev–Trinajstić information content (AvgIpc) is 3.16. The van der Waals surface area contributed by atoms with Crippen molar-refractivity contribution in [2.45, 2.75) is 13.2 Å². The molecule has 140 valence electrons. The molecule has 0 unspecified atom stereocenters. The lowest BCUT2D eigenvalue weighted by atomic mass is 10.2. The summed E-state index contributed by atoms with van der Waals surface area (Å²) < 4.78 is 7.43. The van der Waals surface area contributed by atoms with Crippen LogP contribution in [0.1, 0.15) is 11.3 Å². The standard InChI is InChI=1S/C20H19N7O/c21-19-9-8-17(20(22)24-19)18-12-27(26-25-18)11-15-7-6-14(10-23-15)13-28-16-4-2-1-3-5-16/h1-10,12H,11,13H2,(H4,21,22,24). The zero-order valence-corrected chi connectivity index (χ0v) is 15.1. The first-order valence-corrected chi connectivity index (χ1v) is 8.71. The number of aromatic nitrogens is 5. The third kappa shape index (κ3) is 4.07. The van der Waals surface area contributed by atoms with Crippen LogP contribution >= 0.6 is 0 Å². The largest absolute Gasteiger partial charge is 0.489 e. The Kier molecular flexibility index (Phi) is 4.83. The number of hydrogen-bond donors (Lipinski definition) is 2. The van der Waals surface area contributed by atoms with E-state index in [0.29, 0.717) is 36.0 Å². The molecule has 0 saturated heterocycles. The van der Waals surface area contributed by atoms with E-state index in [1.54, 1.807) is 29.2 Å². The molecular formula is C20H19N7O. The Morgan fingerprint density at radius 1 is 0.964 bits per heavy atom. The van der Waals surface area contributed by atoms with Crippen LogP contribution in [-0.4, -0.2) is 25.0 Å². The maximum absolute atomic E-state index is 5.91. The van der Waals surface area contributed by atoms with Crippen LogP contribution in [0.25, 0.3) is 11.3 Å². The highest BCUT2D eigenvalue weighted by atomic mass is 16.5. The number of nitrogens with zero attached hydrogens (tertiary/aromatic N) is 5. The van der Waals surface area contributed by atoms with Crippen molar-refractivity contribution in [2.24, 2.45) is 0 Å². The lowest BCUT2D eigenvalue weighted by Crippen LogP contribution is -2.03. The summed E-state index contributed by atoms with van der Waals surface area (Å²) in [6.45, 7) is 0.962. The van der Waals surface area contributed by atoms with Crippen molar-refractivity contribution in [3.05, 3.63) is 78.2 Å². The molecule has 4 N–H and O–H groups in total. The first kappa shape index (κ1) is 17.5. The predicted octanol–water partition coefficient (Wildman–Crippen LogP) is 2.53. The molecule has 4 rings (SSSR count). The zero-order chi connectivity index (χ0) is 19.3. The minimum atomic E-state index is 0.327. The van der Waals surface area contributed by atoms with Crippen molar-refractivity contribution in [1.82, 2.24) is 25.0 Å². The van der Waals surface area contributed by atoms with Crippen LogP contribution in [0.4, 0.5) is 11.6 Å². The molecule has 0 atom stereocenters. The summed E-state index contributed by atoms with van der Waals surface area (Å²) in [4.78, 5) is 8.52. The van der Waals surface area contributed by atoms with Crippen LogP contribution in [0.5, 0.6) is 5.75 Å². The Hall–Kier alpha value is -3.94. The molecule has 4 aromatic rings. The molecule has 0 bridgehead atoms. The first-order chi connectivity index (χ1) is 13.7. The van der Waals surface area contributed by atoms with Crippen molar-refractivity contribution in [3.63, 3.8) is 0 Å². The number of anilines is 2. The predicted molar refractivity (Wildman–Crippen MR) is 106 cm³/mol. The van der Waals surface area contributed by atoms with E-state index in [0.717, 1.165) is 17.0 Å². The number of hydrogen-bond acceptors (Lipinski definition) is 7. The molecule has 0 fully saturated rings. The van der Waals surface area contributed by atoms with E-state index in [1.807, 2.05) is 42.5 Å². The molecule has 0 radical (unpaired) electrons. The molecule has 0 aliphatic rings. The summed E-state index contributed by atoms with van der Waals surface area (Å²) in [5.41, 5.74) is 14.7. The second-order valence-corrected chi connectivity index (χ2v) is 6.23. The average molecular weight is 373 g/mol. The van der Waals surface area contributed by atoms with Gasteiger partial charge in [0.25, 0.3) is 0 Å². The minimum Gasteiger partial charge on any atom is -0.489 e. The quantitative estimate of drug-likeness (QED) is 0.533. The van der Waals surface area contributed by atoms with Gasteiger partial charge in [0.15, 0.2) is 0 Å². The highest BCUT2D eigenvalue weighted by Crippen LogP contribution is 2.23. The molecule has 0 amide bonds. The van der Waals surface area contributed by atoms with E-state index in [4.69, 9.17) is 16.2 Å². The first-order valence-electron chi connectivity index (χ1n) is 8.71. The fraction of sp³-hybridized carbons (Fsp3) is 0.100. The van der Waals surface area contributed by atoms with Gasteiger partial charge < -0.3 is 16.2 Å². The van der Waals surface area contributed by atoms with Gasteiger partial charge in [-0.1, -0.05) is 29.5 Å². The van der Waals surface area contributed by atoms with Gasteiger partial charge in [-0.3, -0.25) is 4.98 Å². The van der Waals surface area contributed by atoms with Gasteiger partial charge in [-0.2, -0.15) is 0 Å². The topological polar surface area (TPSA) is 118 Å². The smallest absolute Gasteiger partial charge is 0.135 e. The molecule has 0 aliphatic heterocycles. The van der Waals surface area contributed by atoms with Gasteiger partial charge >= 0.3 is 0 Å². The fourth-order valence-electron chi connectivity index (χ4n) is 2.69. The van der Waals surface area contributed by atoms with Crippen LogP contribution in [0.3, 0.4) is 0 Å². The van der Waals surface area contributed by atoms with E-state index < -0.39 is 0 Å². The summed E-state index contributed by atoms with van der Waals surface area (Å²) >= 11 is 0. The summed E-state index contributed by atoms with van der Waals surface area (Å²) in [5.74, 6) is 1.53. The van der Waals surface area contributed by atoms with E-state index in [1.165, 1.54) is 0 Å². The summed E-state index contributed by atoms with van der Waals surface area (Å²) in [6, 6.07) is 17.1. The number of nitrogen functional groups attached to an aromatic ring is 2. The fourth-order valence-corrected chi connectivity index (χ4v) is 2.69. The highest BCUT2D eigenvalue weighted by molar-refractivity contribution is 5.71. The number of nitrogens with two attached hydrogens (primary N) is 2. The van der Waals surface area contributed by atoms with E-state index >= 15 is 0 Å². The molecule has 0 spiro atoms. The van der Waals surface area contributed by atoms with Crippen molar-refractivity contribution in [3.8, 4) is 17.0 Å². The lowest BCUT2D eigenvalue weighted by Gasteiger charge is -2.06. The third-order valence-corrected chi connectivity index (χ3v) is 4.12. The molecule has 8 nitrogen and oxygen atoms in total. The summed E-state index contributed by atoms with van der Waals surface area (Å²) in [7, 11) is 0. The van der Waals surface area contributed by atoms with Crippen LogP contribution in [0.2, 0.25) is 0 Å². The van der Waals surface area contributed by atoms with Gasteiger partial charge in [-0.15, -0.1) is 5.10 Å². The highest BCUT2D eigenvalue weighted by Gasteiger charge is 2.09. The van der Waals surface area contributed by atoms with Crippen LogP contribution in [0, 0.1) is 0 Å².